The van der Waals surface area contributed by atoms with Crippen LogP contribution < -0.4 is 15.4 Å². The lowest BCUT2D eigenvalue weighted by Gasteiger charge is -2.22. The van der Waals surface area contributed by atoms with Gasteiger partial charge in [-0.25, -0.2) is 0 Å². The summed E-state index contributed by atoms with van der Waals surface area (Å²) in [5, 5.41) is 15.5. The molecule has 1 atom stereocenters. The molecule has 2 N–H and O–H groups in total. The van der Waals surface area contributed by atoms with Crippen LogP contribution in [0.2, 0.25) is 5.02 Å². The van der Waals surface area contributed by atoms with E-state index in [-0.39, 0.29) is 29.5 Å². The van der Waals surface area contributed by atoms with E-state index in [4.69, 9.17) is 16.3 Å². The van der Waals surface area contributed by atoms with Gasteiger partial charge < -0.3 is 19.9 Å². The molecule has 0 fully saturated rings. The molecule has 3 aromatic rings. The molecule has 0 unspecified atom stereocenters. The lowest BCUT2D eigenvalue weighted by molar-refractivity contribution is -0.113. The Bertz CT molecular complexity index is 1150. The zero-order chi connectivity index (χ0) is 24.7. The van der Waals surface area contributed by atoms with Gasteiger partial charge in [0.2, 0.25) is 5.91 Å². The number of hydrogen-bond donors (Lipinski definition) is 2. The largest absolute Gasteiger partial charge is 0.495 e. The van der Waals surface area contributed by atoms with Gasteiger partial charge in [-0.1, -0.05) is 61.5 Å². The monoisotopic (exact) mass is 501 g/mol. The molecular weight excluding hydrogens is 474 g/mol. The number of anilines is 1. The normalized spacial score (nSPS) is 11.8. The van der Waals surface area contributed by atoms with E-state index in [1.165, 1.54) is 11.8 Å². The highest BCUT2D eigenvalue weighted by Crippen LogP contribution is 2.27. The van der Waals surface area contributed by atoms with Crippen molar-refractivity contribution in [3.63, 3.8) is 0 Å². The van der Waals surface area contributed by atoms with E-state index in [1.54, 1.807) is 43.5 Å². The van der Waals surface area contributed by atoms with Crippen LogP contribution in [-0.4, -0.2) is 39.4 Å². The van der Waals surface area contributed by atoms with Crippen LogP contribution in [0.15, 0.2) is 53.7 Å². The van der Waals surface area contributed by atoms with Gasteiger partial charge >= 0.3 is 0 Å². The van der Waals surface area contributed by atoms with Gasteiger partial charge in [0.15, 0.2) is 11.0 Å². The second kappa shape index (κ2) is 11.9. The topological polar surface area (TPSA) is 98.1 Å². The second-order valence-corrected chi connectivity index (χ2v) is 9.15. The molecule has 180 valence electrons. The zero-order valence-electron chi connectivity index (χ0n) is 19.5. The standard InChI is InChI=1S/C24H28ClN5O3S/c1-5-30-22(21(15(2)3)27-23(32)16-10-6-7-11-17(16)25)28-29-24(30)34-14-20(31)26-18-12-8-9-13-19(18)33-4/h6-13,15,21H,5,14H2,1-4H3,(H,26,31)(H,27,32)/t21-/m0/s1. The van der Waals surface area contributed by atoms with Crippen molar-refractivity contribution in [3.8, 4) is 5.75 Å². The van der Waals surface area contributed by atoms with Crippen LogP contribution in [0, 0.1) is 5.92 Å². The van der Waals surface area contributed by atoms with Crippen LogP contribution in [-0.2, 0) is 11.3 Å². The maximum atomic E-state index is 12.9. The fourth-order valence-electron chi connectivity index (χ4n) is 3.39. The average molecular weight is 502 g/mol. The number of carbonyl (C=O) groups excluding carboxylic acids is 2. The fourth-order valence-corrected chi connectivity index (χ4v) is 4.42. The molecule has 10 heteroatoms. The van der Waals surface area contributed by atoms with Crippen molar-refractivity contribution in [2.75, 3.05) is 18.2 Å². The molecule has 2 amide bonds. The number of rotatable bonds is 10. The van der Waals surface area contributed by atoms with Crippen LogP contribution in [0.5, 0.6) is 5.75 Å². The summed E-state index contributed by atoms with van der Waals surface area (Å²) in [7, 11) is 1.56. The van der Waals surface area contributed by atoms with Crippen molar-refractivity contribution in [2.24, 2.45) is 5.92 Å². The SMILES string of the molecule is CCn1c(SCC(=O)Nc2ccccc2OC)nnc1[C@@H](NC(=O)c1ccccc1Cl)C(C)C. The summed E-state index contributed by atoms with van der Waals surface area (Å²) in [6.07, 6.45) is 0. The summed E-state index contributed by atoms with van der Waals surface area (Å²) >= 11 is 7.48. The molecule has 0 aliphatic heterocycles. The molecule has 0 aliphatic carbocycles. The summed E-state index contributed by atoms with van der Waals surface area (Å²) in [6.45, 7) is 6.56. The number of benzene rings is 2. The number of methoxy groups -OCH3 is 1. The Morgan fingerprint density at radius 3 is 2.50 bits per heavy atom. The molecular formula is C24H28ClN5O3S. The van der Waals surface area contributed by atoms with Crippen molar-refractivity contribution in [1.29, 1.82) is 0 Å². The van der Waals surface area contributed by atoms with E-state index in [0.717, 1.165) is 0 Å². The lowest BCUT2D eigenvalue weighted by Crippen LogP contribution is -2.34. The van der Waals surface area contributed by atoms with E-state index in [9.17, 15) is 9.59 Å². The van der Waals surface area contributed by atoms with Crippen molar-refractivity contribution < 1.29 is 14.3 Å². The second-order valence-electron chi connectivity index (χ2n) is 7.80. The van der Waals surface area contributed by atoms with Crippen molar-refractivity contribution >= 4 is 40.9 Å². The number of nitrogens with one attached hydrogen (secondary N) is 2. The van der Waals surface area contributed by atoms with Crippen LogP contribution in [0.1, 0.15) is 43.0 Å². The molecule has 34 heavy (non-hydrogen) atoms. The Kier molecular flexibility index (Phi) is 8.95. The minimum Gasteiger partial charge on any atom is -0.495 e. The first kappa shape index (κ1) is 25.6. The molecule has 8 nitrogen and oxygen atoms in total. The number of para-hydroxylation sites is 2. The number of ether oxygens (including phenoxy) is 1. The molecule has 0 aliphatic rings. The predicted molar refractivity (Wildman–Crippen MR) is 135 cm³/mol. The maximum Gasteiger partial charge on any atom is 0.253 e. The Morgan fingerprint density at radius 1 is 1.12 bits per heavy atom. The summed E-state index contributed by atoms with van der Waals surface area (Å²) < 4.78 is 7.19. The maximum absolute atomic E-state index is 12.9. The molecule has 0 spiro atoms. The Morgan fingerprint density at radius 2 is 1.82 bits per heavy atom. The average Bonchev–Trinajstić information content (AvgIpc) is 3.24. The summed E-state index contributed by atoms with van der Waals surface area (Å²) in [5.41, 5.74) is 1.01. The Labute approximate surface area is 208 Å². The zero-order valence-corrected chi connectivity index (χ0v) is 21.1. The van der Waals surface area contributed by atoms with Crippen molar-refractivity contribution in [1.82, 2.24) is 20.1 Å². The third-order valence-corrected chi connectivity index (χ3v) is 6.42. The molecule has 0 bridgehead atoms. The smallest absolute Gasteiger partial charge is 0.253 e. The summed E-state index contributed by atoms with van der Waals surface area (Å²) in [5.74, 6) is 0.954. The number of halogens is 1. The van der Waals surface area contributed by atoms with Gasteiger partial charge in [0, 0.05) is 6.54 Å². The first-order valence-electron chi connectivity index (χ1n) is 10.9. The summed E-state index contributed by atoms with van der Waals surface area (Å²) in [4.78, 5) is 25.4. The highest BCUT2D eigenvalue weighted by molar-refractivity contribution is 7.99. The van der Waals surface area contributed by atoms with Gasteiger partial charge in [-0.3, -0.25) is 9.59 Å². The van der Waals surface area contributed by atoms with Gasteiger partial charge in [0.25, 0.3) is 5.91 Å². The van der Waals surface area contributed by atoms with Crippen LogP contribution in [0.25, 0.3) is 0 Å². The van der Waals surface area contributed by atoms with Crippen molar-refractivity contribution in [3.05, 3.63) is 64.9 Å². The van der Waals surface area contributed by atoms with Crippen LogP contribution in [0.3, 0.4) is 0 Å². The Balaban J connectivity index is 1.73. The number of carbonyl (C=O) groups is 2. The molecule has 1 aromatic heterocycles. The molecule has 3 rings (SSSR count). The van der Waals surface area contributed by atoms with Gasteiger partial charge in [0.1, 0.15) is 5.75 Å². The highest BCUT2D eigenvalue weighted by atomic mass is 35.5. The van der Waals surface area contributed by atoms with E-state index in [1.807, 2.05) is 37.5 Å². The van der Waals surface area contributed by atoms with Gasteiger partial charge in [0.05, 0.1) is 35.2 Å². The number of aromatic nitrogens is 3. The van der Waals surface area contributed by atoms with Gasteiger partial charge in [-0.15, -0.1) is 10.2 Å². The highest BCUT2D eigenvalue weighted by Gasteiger charge is 2.26. The molecule has 1 heterocycles. The van der Waals surface area contributed by atoms with E-state index < -0.39 is 0 Å². The number of thioether (sulfide) groups is 1. The van der Waals surface area contributed by atoms with E-state index in [2.05, 4.69) is 20.8 Å². The number of hydrogen-bond acceptors (Lipinski definition) is 6. The van der Waals surface area contributed by atoms with Crippen molar-refractivity contribution in [2.45, 2.75) is 38.5 Å². The lowest BCUT2D eigenvalue weighted by atomic mass is 10.0. The molecule has 2 aromatic carbocycles. The number of nitrogens with zero attached hydrogens (tertiary/aromatic N) is 3. The van der Waals surface area contributed by atoms with Gasteiger partial charge in [-0.2, -0.15) is 0 Å². The fraction of sp³-hybridized carbons (Fsp3) is 0.333. The summed E-state index contributed by atoms with van der Waals surface area (Å²) in [6, 6.07) is 13.8. The third kappa shape index (κ3) is 6.09. The quantitative estimate of drug-likeness (QED) is 0.386. The first-order chi connectivity index (χ1) is 16.3. The van der Waals surface area contributed by atoms with Crippen LogP contribution >= 0.6 is 23.4 Å². The molecule has 0 saturated carbocycles. The first-order valence-corrected chi connectivity index (χ1v) is 12.3. The minimum atomic E-state index is -0.382. The Hall–Kier alpha value is -3.04. The predicted octanol–water partition coefficient (Wildman–Crippen LogP) is 4.82. The molecule has 0 radical (unpaired) electrons. The van der Waals surface area contributed by atoms with E-state index in [0.29, 0.717) is 39.5 Å². The van der Waals surface area contributed by atoms with Gasteiger partial charge in [-0.05, 0) is 37.1 Å². The third-order valence-electron chi connectivity index (χ3n) is 5.13. The van der Waals surface area contributed by atoms with E-state index >= 15 is 0 Å². The minimum absolute atomic E-state index is 0.0487. The van der Waals surface area contributed by atoms with Crippen LogP contribution in [0.4, 0.5) is 5.69 Å². The molecule has 0 saturated heterocycles. The number of amides is 2.